The first-order valence-corrected chi connectivity index (χ1v) is 11.7. The van der Waals surface area contributed by atoms with Gasteiger partial charge in [-0.25, -0.2) is 0 Å². The maximum absolute atomic E-state index is 4.17. The molecule has 2 aliphatic carbocycles. The maximum atomic E-state index is 4.17. The van der Waals surface area contributed by atoms with Crippen molar-refractivity contribution < 1.29 is 0 Å². The third kappa shape index (κ3) is 5.41. The Morgan fingerprint density at radius 2 is 1.94 bits per heavy atom. The minimum atomic E-state index is 0.513. The van der Waals surface area contributed by atoms with Crippen LogP contribution in [0.4, 0.5) is 0 Å². The summed E-state index contributed by atoms with van der Waals surface area (Å²) in [6, 6.07) is 11.1. The Morgan fingerprint density at radius 1 is 1.06 bits per heavy atom. The van der Waals surface area contributed by atoms with Gasteiger partial charge in [0.25, 0.3) is 0 Å². The highest BCUT2D eigenvalue weighted by molar-refractivity contribution is 5.88. The predicted octanol–water partition coefficient (Wildman–Crippen LogP) is 8.08. The van der Waals surface area contributed by atoms with Gasteiger partial charge in [-0.3, -0.25) is 4.98 Å². The van der Waals surface area contributed by atoms with E-state index in [9.17, 15) is 0 Å². The summed E-state index contributed by atoms with van der Waals surface area (Å²) in [5.74, 6) is 1.13. The van der Waals surface area contributed by atoms with Crippen LogP contribution in [0.1, 0.15) is 61.8 Å². The number of pyridine rings is 1. The molecule has 1 aromatic heterocycles. The fraction of sp³-hybridized carbons (Fsp3) is 0.300. The molecule has 0 bridgehead atoms. The van der Waals surface area contributed by atoms with E-state index in [2.05, 4.69) is 97.8 Å². The predicted molar refractivity (Wildman–Crippen MR) is 134 cm³/mol. The number of hydrogen-bond acceptors (Lipinski definition) is 1. The smallest absolute Gasteiger partial charge is 0.0273 e. The number of benzene rings is 1. The van der Waals surface area contributed by atoms with Gasteiger partial charge in [0.2, 0.25) is 0 Å². The molecule has 2 unspecified atom stereocenters. The van der Waals surface area contributed by atoms with Crippen LogP contribution in [0.2, 0.25) is 0 Å². The van der Waals surface area contributed by atoms with Gasteiger partial charge in [-0.15, -0.1) is 0 Å². The molecule has 4 rings (SSSR count). The summed E-state index contributed by atoms with van der Waals surface area (Å²) >= 11 is 0. The highest BCUT2D eigenvalue weighted by Gasteiger charge is 2.16. The zero-order valence-electron chi connectivity index (χ0n) is 18.8. The zero-order chi connectivity index (χ0) is 21.5. The molecule has 0 saturated heterocycles. The van der Waals surface area contributed by atoms with Gasteiger partial charge in [0.05, 0.1) is 0 Å². The third-order valence-electron chi connectivity index (χ3n) is 6.35. The van der Waals surface area contributed by atoms with Gasteiger partial charge in [-0.05, 0) is 96.4 Å². The summed E-state index contributed by atoms with van der Waals surface area (Å²) in [4.78, 5) is 4.17. The fourth-order valence-corrected chi connectivity index (χ4v) is 4.66. The number of hydrogen-bond donors (Lipinski definition) is 0. The van der Waals surface area contributed by atoms with Gasteiger partial charge in [0.15, 0.2) is 0 Å². The van der Waals surface area contributed by atoms with Gasteiger partial charge >= 0.3 is 0 Å². The highest BCUT2D eigenvalue weighted by atomic mass is 14.6. The van der Waals surface area contributed by atoms with Crippen LogP contribution in [0, 0.1) is 11.8 Å². The van der Waals surface area contributed by atoms with Crippen molar-refractivity contribution in [1.29, 1.82) is 0 Å². The number of aryl methyl sites for hydroxylation is 1. The van der Waals surface area contributed by atoms with E-state index in [1.165, 1.54) is 39.8 Å². The molecule has 0 fully saturated rings. The average molecular weight is 408 g/mol. The Labute approximate surface area is 187 Å². The molecule has 0 amide bonds. The normalized spacial score (nSPS) is 21.2. The molecule has 1 nitrogen and oxygen atoms in total. The van der Waals surface area contributed by atoms with Gasteiger partial charge < -0.3 is 0 Å². The molecule has 158 valence electrons. The number of fused-ring (bicyclic) bond motifs is 1. The number of rotatable bonds is 5. The van der Waals surface area contributed by atoms with E-state index in [0.717, 1.165) is 25.7 Å². The van der Waals surface area contributed by atoms with E-state index in [1.54, 1.807) is 0 Å². The van der Waals surface area contributed by atoms with Gasteiger partial charge in [-0.1, -0.05) is 73.7 Å². The Hall–Kier alpha value is -2.93. The van der Waals surface area contributed by atoms with Crippen LogP contribution in [0.25, 0.3) is 17.2 Å². The van der Waals surface area contributed by atoms with Crippen LogP contribution in [-0.4, -0.2) is 4.98 Å². The maximum Gasteiger partial charge on any atom is 0.0273 e. The molecule has 2 aliphatic rings. The summed E-state index contributed by atoms with van der Waals surface area (Å²) in [6.07, 6.45) is 28.1. The van der Waals surface area contributed by atoms with Gasteiger partial charge in [-0.2, -0.15) is 0 Å². The van der Waals surface area contributed by atoms with Crippen molar-refractivity contribution >= 4 is 17.2 Å². The molecule has 0 aliphatic heterocycles. The van der Waals surface area contributed by atoms with Crippen molar-refractivity contribution in [2.75, 3.05) is 0 Å². The van der Waals surface area contributed by atoms with Crippen molar-refractivity contribution in [2.45, 2.75) is 46.0 Å². The Balaban J connectivity index is 1.57. The molecule has 1 heteroatoms. The van der Waals surface area contributed by atoms with Crippen LogP contribution in [-0.2, 0) is 6.42 Å². The van der Waals surface area contributed by atoms with Crippen molar-refractivity contribution in [3.05, 3.63) is 108 Å². The lowest BCUT2D eigenvalue weighted by atomic mass is 9.84. The average Bonchev–Trinajstić information content (AvgIpc) is 2.80. The Bertz CT molecular complexity index is 1030. The topological polar surface area (TPSA) is 12.9 Å². The summed E-state index contributed by atoms with van der Waals surface area (Å²) in [5, 5.41) is 0. The van der Waals surface area contributed by atoms with Crippen molar-refractivity contribution in [1.82, 2.24) is 4.98 Å². The lowest BCUT2D eigenvalue weighted by Gasteiger charge is -2.21. The Morgan fingerprint density at radius 3 is 2.77 bits per heavy atom. The molecule has 0 spiro atoms. The van der Waals surface area contributed by atoms with Crippen LogP contribution >= 0.6 is 0 Å². The van der Waals surface area contributed by atoms with Crippen LogP contribution in [0.15, 0.2) is 85.3 Å². The Kier molecular flexibility index (Phi) is 7.14. The van der Waals surface area contributed by atoms with Crippen molar-refractivity contribution in [3.8, 4) is 0 Å². The molecule has 2 atom stereocenters. The molecule has 0 saturated carbocycles. The van der Waals surface area contributed by atoms with E-state index >= 15 is 0 Å². The monoisotopic (exact) mass is 407 g/mol. The minimum Gasteiger partial charge on any atom is -0.265 e. The van der Waals surface area contributed by atoms with E-state index in [1.807, 2.05) is 12.4 Å². The molecular weight excluding hydrogens is 374 g/mol. The summed E-state index contributed by atoms with van der Waals surface area (Å²) in [6.45, 7) is 4.35. The lowest BCUT2D eigenvalue weighted by molar-refractivity contribution is 0.593. The molecule has 31 heavy (non-hydrogen) atoms. The summed E-state index contributed by atoms with van der Waals surface area (Å²) in [7, 11) is 0. The van der Waals surface area contributed by atoms with Crippen molar-refractivity contribution in [3.63, 3.8) is 0 Å². The first kappa shape index (κ1) is 21.3. The second-order valence-corrected chi connectivity index (χ2v) is 8.69. The van der Waals surface area contributed by atoms with Crippen molar-refractivity contribution in [2.24, 2.45) is 11.8 Å². The first-order valence-electron chi connectivity index (χ1n) is 11.7. The lowest BCUT2D eigenvalue weighted by Crippen LogP contribution is -2.05. The second kappa shape index (κ2) is 10.4. The molecular formula is C30H33N. The third-order valence-corrected chi connectivity index (χ3v) is 6.35. The van der Waals surface area contributed by atoms with E-state index < -0.39 is 0 Å². The fourth-order valence-electron chi connectivity index (χ4n) is 4.66. The molecule has 2 aromatic rings. The zero-order valence-corrected chi connectivity index (χ0v) is 18.8. The highest BCUT2D eigenvalue weighted by Crippen LogP contribution is 2.35. The molecule has 0 N–H and O–H groups in total. The SMILES string of the molecule is C/C=C\C(C)/C=C\C1C/C=C\c2c(cccc2C2=CC(c3ccncc3)=CCC2)CC1. The first-order chi connectivity index (χ1) is 15.2. The number of nitrogens with zero attached hydrogens (tertiary/aromatic N) is 1. The standard InChI is InChI=1S/C30H33N/c1-3-7-23(2)14-15-24-8-4-12-29-26(17-16-24)9-6-13-30(29)28-11-5-10-27(22-28)25-18-20-31-21-19-25/h3-4,6-7,9-10,12-15,18-24H,5,8,11,16-17H2,1-2H3/b7-3-,12-4-,15-14-. The quantitative estimate of drug-likeness (QED) is 0.457. The summed E-state index contributed by atoms with van der Waals surface area (Å²) in [5.41, 5.74) is 8.33. The molecule has 1 heterocycles. The van der Waals surface area contributed by atoms with E-state index in [0.29, 0.717) is 11.8 Å². The largest absolute Gasteiger partial charge is 0.265 e. The van der Waals surface area contributed by atoms with Crippen LogP contribution in [0.5, 0.6) is 0 Å². The number of aromatic nitrogens is 1. The molecule has 1 aromatic carbocycles. The van der Waals surface area contributed by atoms with Gasteiger partial charge in [0.1, 0.15) is 0 Å². The van der Waals surface area contributed by atoms with Crippen LogP contribution in [0.3, 0.4) is 0 Å². The van der Waals surface area contributed by atoms with Crippen LogP contribution < -0.4 is 0 Å². The van der Waals surface area contributed by atoms with Gasteiger partial charge in [0, 0.05) is 12.4 Å². The van der Waals surface area contributed by atoms with E-state index in [-0.39, 0.29) is 0 Å². The summed E-state index contributed by atoms with van der Waals surface area (Å²) < 4.78 is 0. The second-order valence-electron chi connectivity index (χ2n) is 8.69. The number of allylic oxidation sites excluding steroid dienone is 9. The minimum absolute atomic E-state index is 0.513. The van der Waals surface area contributed by atoms with E-state index in [4.69, 9.17) is 0 Å². The molecule has 0 radical (unpaired) electrons.